The SMILES string of the molecule is CCCn1ccnc1C(NN)c1cnc(C)cn1. The Labute approximate surface area is 106 Å². The van der Waals surface area contributed by atoms with E-state index in [0.717, 1.165) is 30.2 Å². The molecule has 0 spiro atoms. The van der Waals surface area contributed by atoms with E-state index in [0.29, 0.717) is 0 Å². The predicted molar refractivity (Wildman–Crippen MR) is 68.5 cm³/mol. The normalized spacial score (nSPS) is 12.6. The molecule has 0 fully saturated rings. The quantitative estimate of drug-likeness (QED) is 0.606. The molecular weight excluding hydrogens is 228 g/mol. The molecule has 0 aliphatic heterocycles. The van der Waals surface area contributed by atoms with Crippen molar-refractivity contribution >= 4 is 0 Å². The Bertz CT molecular complexity index is 490. The van der Waals surface area contributed by atoms with Gasteiger partial charge >= 0.3 is 0 Å². The first-order chi connectivity index (χ1) is 8.76. The standard InChI is InChI=1S/C12H18N6/c1-3-5-18-6-4-14-12(18)11(17-13)10-8-15-9(2)7-16-10/h4,6-8,11,17H,3,5,13H2,1-2H3. The number of aromatic nitrogens is 4. The van der Waals surface area contributed by atoms with Gasteiger partial charge in [-0.3, -0.25) is 15.8 Å². The molecule has 1 unspecified atom stereocenters. The van der Waals surface area contributed by atoms with Gasteiger partial charge in [-0.2, -0.15) is 0 Å². The molecule has 2 rings (SSSR count). The molecule has 0 radical (unpaired) electrons. The summed E-state index contributed by atoms with van der Waals surface area (Å²) in [7, 11) is 0. The van der Waals surface area contributed by atoms with Crippen LogP contribution in [-0.4, -0.2) is 19.5 Å². The number of hydrazine groups is 1. The molecule has 3 N–H and O–H groups in total. The van der Waals surface area contributed by atoms with Gasteiger partial charge in [0.15, 0.2) is 0 Å². The minimum atomic E-state index is -0.236. The highest BCUT2D eigenvalue weighted by atomic mass is 15.3. The van der Waals surface area contributed by atoms with E-state index in [1.54, 1.807) is 18.6 Å². The fourth-order valence-electron chi connectivity index (χ4n) is 1.85. The Kier molecular flexibility index (Phi) is 4.01. The summed E-state index contributed by atoms with van der Waals surface area (Å²) < 4.78 is 2.08. The zero-order chi connectivity index (χ0) is 13.0. The molecule has 2 aromatic heterocycles. The molecule has 0 amide bonds. The molecular formula is C12H18N6. The fraction of sp³-hybridized carbons (Fsp3) is 0.417. The lowest BCUT2D eigenvalue weighted by Crippen LogP contribution is -2.32. The van der Waals surface area contributed by atoms with Crippen LogP contribution in [0.1, 0.15) is 36.6 Å². The summed E-state index contributed by atoms with van der Waals surface area (Å²) in [4.78, 5) is 12.9. The number of hydrogen-bond acceptors (Lipinski definition) is 5. The molecule has 0 aromatic carbocycles. The fourth-order valence-corrected chi connectivity index (χ4v) is 1.85. The first-order valence-electron chi connectivity index (χ1n) is 6.02. The van der Waals surface area contributed by atoms with Gasteiger partial charge in [-0.05, 0) is 13.3 Å². The monoisotopic (exact) mass is 246 g/mol. The van der Waals surface area contributed by atoms with E-state index in [1.165, 1.54) is 0 Å². The maximum atomic E-state index is 5.63. The zero-order valence-electron chi connectivity index (χ0n) is 10.7. The van der Waals surface area contributed by atoms with Crippen LogP contribution < -0.4 is 11.3 Å². The van der Waals surface area contributed by atoms with Crippen molar-refractivity contribution in [3.63, 3.8) is 0 Å². The van der Waals surface area contributed by atoms with E-state index in [1.807, 2.05) is 13.1 Å². The van der Waals surface area contributed by atoms with Gasteiger partial charge in [0.2, 0.25) is 0 Å². The lowest BCUT2D eigenvalue weighted by atomic mass is 10.2. The largest absolute Gasteiger partial charge is 0.333 e. The van der Waals surface area contributed by atoms with E-state index >= 15 is 0 Å². The van der Waals surface area contributed by atoms with Crippen molar-refractivity contribution in [2.24, 2.45) is 5.84 Å². The van der Waals surface area contributed by atoms with Gasteiger partial charge in [0, 0.05) is 25.1 Å². The highest BCUT2D eigenvalue weighted by Gasteiger charge is 2.19. The summed E-state index contributed by atoms with van der Waals surface area (Å²) >= 11 is 0. The molecule has 18 heavy (non-hydrogen) atoms. The molecule has 0 saturated heterocycles. The molecule has 96 valence electrons. The van der Waals surface area contributed by atoms with Crippen LogP contribution in [0, 0.1) is 6.92 Å². The molecule has 6 nitrogen and oxygen atoms in total. The Balaban J connectivity index is 2.32. The highest BCUT2D eigenvalue weighted by Crippen LogP contribution is 2.17. The van der Waals surface area contributed by atoms with E-state index in [4.69, 9.17) is 5.84 Å². The summed E-state index contributed by atoms with van der Waals surface area (Å²) in [6.07, 6.45) is 8.22. The van der Waals surface area contributed by atoms with Crippen molar-refractivity contribution in [2.45, 2.75) is 32.9 Å². The maximum absolute atomic E-state index is 5.63. The molecule has 0 aliphatic carbocycles. The number of nitrogens with one attached hydrogen (secondary N) is 1. The summed E-state index contributed by atoms with van der Waals surface area (Å²) in [5.74, 6) is 6.49. The van der Waals surface area contributed by atoms with Gasteiger partial charge in [-0.25, -0.2) is 10.4 Å². The van der Waals surface area contributed by atoms with Gasteiger partial charge in [-0.1, -0.05) is 6.92 Å². The second-order valence-corrected chi connectivity index (χ2v) is 4.16. The van der Waals surface area contributed by atoms with Gasteiger partial charge in [0.05, 0.1) is 17.6 Å². The third-order valence-electron chi connectivity index (χ3n) is 2.73. The molecule has 2 heterocycles. The summed E-state index contributed by atoms with van der Waals surface area (Å²) in [6.45, 7) is 4.94. The summed E-state index contributed by atoms with van der Waals surface area (Å²) in [6, 6.07) is -0.236. The smallest absolute Gasteiger partial charge is 0.133 e. The first kappa shape index (κ1) is 12.7. The van der Waals surface area contributed by atoms with Crippen LogP contribution >= 0.6 is 0 Å². The van der Waals surface area contributed by atoms with Crippen LogP contribution in [0.2, 0.25) is 0 Å². The number of imidazole rings is 1. The van der Waals surface area contributed by atoms with Crippen molar-refractivity contribution in [1.29, 1.82) is 0 Å². The van der Waals surface area contributed by atoms with Crippen LogP contribution in [0.4, 0.5) is 0 Å². The topological polar surface area (TPSA) is 81.7 Å². The third-order valence-corrected chi connectivity index (χ3v) is 2.73. The van der Waals surface area contributed by atoms with Gasteiger partial charge < -0.3 is 4.57 Å². The number of nitrogens with two attached hydrogens (primary N) is 1. The van der Waals surface area contributed by atoms with Gasteiger partial charge in [0.1, 0.15) is 11.9 Å². The predicted octanol–water partition coefficient (Wildman–Crippen LogP) is 0.944. The number of aryl methyl sites for hydroxylation is 2. The van der Waals surface area contributed by atoms with Crippen molar-refractivity contribution in [3.05, 3.63) is 42.0 Å². The molecule has 0 bridgehead atoms. The molecule has 6 heteroatoms. The Morgan fingerprint density at radius 1 is 1.33 bits per heavy atom. The lowest BCUT2D eigenvalue weighted by molar-refractivity contribution is 0.534. The van der Waals surface area contributed by atoms with Gasteiger partial charge in [-0.15, -0.1) is 0 Å². The summed E-state index contributed by atoms with van der Waals surface area (Å²) in [5.41, 5.74) is 4.40. The highest BCUT2D eigenvalue weighted by molar-refractivity contribution is 5.16. The van der Waals surface area contributed by atoms with Crippen LogP contribution in [0.25, 0.3) is 0 Å². The number of hydrogen-bond donors (Lipinski definition) is 2. The van der Waals surface area contributed by atoms with E-state index in [-0.39, 0.29) is 6.04 Å². The van der Waals surface area contributed by atoms with Crippen LogP contribution in [0.15, 0.2) is 24.8 Å². The number of rotatable bonds is 5. The van der Waals surface area contributed by atoms with Crippen LogP contribution in [-0.2, 0) is 6.54 Å². The lowest BCUT2D eigenvalue weighted by Gasteiger charge is -2.16. The van der Waals surface area contributed by atoms with Crippen LogP contribution in [0.5, 0.6) is 0 Å². The van der Waals surface area contributed by atoms with E-state index < -0.39 is 0 Å². The van der Waals surface area contributed by atoms with Gasteiger partial charge in [0.25, 0.3) is 0 Å². The van der Waals surface area contributed by atoms with Crippen molar-refractivity contribution in [1.82, 2.24) is 24.9 Å². The zero-order valence-corrected chi connectivity index (χ0v) is 10.7. The average molecular weight is 246 g/mol. The summed E-state index contributed by atoms with van der Waals surface area (Å²) in [5, 5.41) is 0. The second-order valence-electron chi connectivity index (χ2n) is 4.16. The minimum absolute atomic E-state index is 0.236. The first-order valence-corrected chi connectivity index (χ1v) is 6.02. The molecule has 0 aliphatic rings. The Morgan fingerprint density at radius 3 is 2.78 bits per heavy atom. The number of nitrogens with zero attached hydrogens (tertiary/aromatic N) is 4. The van der Waals surface area contributed by atoms with Crippen molar-refractivity contribution < 1.29 is 0 Å². The third kappa shape index (κ3) is 2.55. The molecule has 0 saturated carbocycles. The molecule has 1 atom stereocenters. The Morgan fingerprint density at radius 2 is 2.17 bits per heavy atom. The molecule has 2 aromatic rings. The van der Waals surface area contributed by atoms with E-state index in [2.05, 4.69) is 31.9 Å². The van der Waals surface area contributed by atoms with Crippen LogP contribution in [0.3, 0.4) is 0 Å². The van der Waals surface area contributed by atoms with Crippen molar-refractivity contribution in [2.75, 3.05) is 0 Å². The van der Waals surface area contributed by atoms with E-state index in [9.17, 15) is 0 Å². The maximum Gasteiger partial charge on any atom is 0.133 e. The average Bonchev–Trinajstić information content (AvgIpc) is 2.82. The Hall–Kier alpha value is -1.79. The second kappa shape index (κ2) is 5.70. The van der Waals surface area contributed by atoms with Crippen molar-refractivity contribution in [3.8, 4) is 0 Å². The minimum Gasteiger partial charge on any atom is -0.333 e.